The lowest BCUT2D eigenvalue weighted by atomic mass is 9.73. The van der Waals surface area contributed by atoms with Crippen LogP contribution in [-0.4, -0.2) is 165 Å². The van der Waals surface area contributed by atoms with E-state index in [1.54, 1.807) is 66.7 Å². The number of carbonyl (C=O) groups excluding carboxylic acids is 1. The summed E-state index contributed by atoms with van der Waals surface area (Å²) in [6.45, 7) is -0.416. The highest BCUT2D eigenvalue weighted by Gasteiger charge is 2.53. The number of amides is 1. The van der Waals surface area contributed by atoms with Crippen molar-refractivity contribution in [1.29, 1.82) is 0 Å². The van der Waals surface area contributed by atoms with Crippen LogP contribution < -0.4 is 9.64 Å². The van der Waals surface area contributed by atoms with Crippen LogP contribution in [0.25, 0.3) is 11.1 Å². The first kappa shape index (κ1) is 50.9. The third-order valence-electron chi connectivity index (χ3n) is 13.8. The molecule has 1 saturated carbocycles. The van der Waals surface area contributed by atoms with Crippen LogP contribution in [0.5, 0.6) is 5.75 Å². The van der Waals surface area contributed by atoms with Gasteiger partial charge in [-0.2, -0.15) is 0 Å². The predicted octanol–water partition coefficient (Wildman–Crippen LogP) is 0.0766. The molecular weight excluding hydrogens is 926 g/mol. The number of carbonyl (C=O) groups is 3. The summed E-state index contributed by atoms with van der Waals surface area (Å²) in [7, 11) is 0. The van der Waals surface area contributed by atoms with Crippen LogP contribution in [0.4, 0.5) is 10.1 Å². The molecule has 0 spiro atoms. The maximum atomic E-state index is 14.4. The van der Waals surface area contributed by atoms with Crippen molar-refractivity contribution in [3.05, 3.63) is 120 Å². The molecular formula is C49H54FNO19. The molecule has 20 nitrogen and oxygen atoms in total. The van der Waals surface area contributed by atoms with E-state index >= 15 is 0 Å². The third kappa shape index (κ3) is 9.90. The van der Waals surface area contributed by atoms with Crippen LogP contribution in [0.15, 0.2) is 97.1 Å². The molecule has 18 atom stereocenters. The van der Waals surface area contributed by atoms with Gasteiger partial charge in [-0.05, 0) is 71.8 Å². The van der Waals surface area contributed by atoms with Crippen LogP contribution in [-0.2, 0) is 28.6 Å². The lowest BCUT2D eigenvalue weighted by Crippen LogP contribution is -2.61. The summed E-state index contributed by atoms with van der Waals surface area (Å²) < 4.78 is 37.5. The second-order valence-electron chi connectivity index (χ2n) is 18.1. The standard InChI is InChI=1S/C49H54FNO19/c50-26-13-10-23(11-14-26)31(67-48-41(60)37(56)39(58)43(69-48)46(63)64)17-16-29-33(51(45(29)62)27-4-2-1-3-5-27)28-15-12-24(19-32(28)68-49-42(61)38(57)40(59)44(70-49)47(65)66)21-6-8-22(9-7-21)30-18-25(20-52)34(53)36(55)35(30)54/h1-15,19,25,29-31,33-44,48-49,52-61H,16-18,20H2,(H,63,64)(H,65,66)/t25-,29-,30?,31+,33-,34-,35+,36+,37+,38+,39+,40+,41?,42?,43?,44?,48-,49-/m1/s1. The molecule has 0 aromatic heterocycles. The number of aliphatic hydroxyl groups excluding tert-OH is 10. The third-order valence-corrected chi connectivity index (χ3v) is 13.8. The van der Waals surface area contributed by atoms with Gasteiger partial charge in [0.25, 0.3) is 0 Å². The largest absolute Gasteiger partial charge is 0.479 e. The fourth-order valence-corrected chi connectivity index (χ4v) is 9.81. The van der Waals surface area contributed by atoms with E-state index in [4.69, 9.17) is 18.9 Å². The zero-order valence-corrected chi connectivity index (χ0v) is 37.0. The van der Waals surface area contributed by atoms with E-state index in [-0.39, 0.29) is 30.6 Å². The van der Waals surface area contributed by atoms with Crippen molar-refractivity contribution in [3.63, 3.8) is 0 Å². The first-order valence-electron chi connectivity index (χ1n) is 22.6. The zero-order chi connectivity index (χ0) is 50.3. The Labute approximate surface area is 398 Å². The lowest BCUT2D eigenvalue weighted by molar-refractivity contribution is -0.306. The van der Waals surface area contributed by atoms with Crippen molar-refractivity contribution >= 4 is 23.5 Å². The minimum atomic E-state index is -2.04. The summed E-state index contributed by atoms with van der Waals surface area (Å²) in [6.07, 6.45) is -25.0. The average molecular weight is 980 g/mol. The highest BCUT2D eigenvalue weighted by Crippen LogP contribution is 2.50. The number of ether oxygens (including phenoxy) is 4. The van der Waals surface area contributed by atoms with Crippen LogP contribution in [0.2, 0.25) is 0 Å². The molecule has 1 amide bonds. The maximum absolute atomic E-state index is 14.4. The van der Waals surface area contributed by atoms with Crippen LogP contribution >= 0.6 is 0 Å². The molecule has 3 aliphatic heterocycles. The Kier molecular flexibility index (Phi) is 15.3. The van der Waals surface area contributed by atoms with Crippen molar-refractivity contribution in [2.24, 2.45) is 11.8 Å². The Morgan fingerprint density at radius 3 is 1.84 bits per heavy atom. The topological polar surface area (TPSA) is 334 Å². The maximum Gasteiger partial charge on any atom is 0.335 e. The summed E-state index contributed by atoms with van der Waals surface area (Å²) in [6, 6.07) is 24.2. The monoisotopic (exact) mass is 979 g/mol. The van der Waals surface area contributed by atoms with Gasteiger partial charge in [-0.25, -0.2) is 14.0 Å². The Bertz CT molecular complexity index is 2470. The summed E-state index contributed by atoms with van der Waals surface area (Å²) in [5.41, 5.74) is 2.67. The molecule has 5 unspecified atom stereocenters. The molecule has 8 rings (SSSR count). The molecule has 12 N–H and O–H groups in total. The summed E-state index contributed by atoms with van der Waals surface area (Å²) in [5.74, 6) is -6.66. The van der Waals surface area contributed by atoms with Crippen molar-refractivity contribution in [2.45, 2.75) is 117 Å². The van der Waals surface area contributed by atoms with Gasteiger partial charge in [0.2, 0.25) is 12.2 Å². The molecule has 1 aliphatic carbocycles. The first-order valence-corrected chi connectivity index (χ1v) is 22.6. The number of rotatable bonds is 15. The summed E-state index contributed by atoms with van der Waals surface area (Å²) >= 11 is 0. The molecule has 0 bridgehead atoms. The number of aliphatic carboxylic acids is 2. The van der Waals surface area contributed by atoms with Gasteiger partial charge in [0.15, 0.2) is 18.5 Å². The van der Waals surface area contributed by atoms with Crippen LogP contribution in [0, 0.1) is 17.7 Å². The normalized spacial score (nSPS) is 34.9. The number of nitrogens with zero attached hydrogens (tertiary/aromatic N) is 1. The number of hydrogen-bond donors (Lipinski definition) is 12. The quantitative estimate of drug-likeness (QED) is 0.0702. The molecule has 4 fully saturated rings. The Morgan fingerprint density at radius 1 is 0.671 bits per heavy atom. The predicted molar refractivity (Wildman–Crippen MR) is 237 cm³/mol. The fraction of sp³-hybridized carbons (Fsp3) is 0.449. The Balaban J connectivity index is 1.16. The molecule has 4 aromatic carbocycles. The minimum absolute atomic E-state index is 0.0295. The molecule has 3 heterocycles. The Morgan fingerprint density at radius 2 is 1.24 bits per heavy atom. The number of benzene rings is 4. The second-order valence-corrected chi connectivity index (χ2v) is 18.1. The van der Waals surface area contributed by atoms with Gasteiger partial charge in [-0.15, -0.1) is 0 Å². The zero-order valence-electron chi connectivity index (χ0n) is 37.0. The molecule has 0 radical (unpaired) electrons. The molecule has 3 saturated heterocycles. The van der Waals surface area contributed by atoms with Gasteiger partial charge in [0.05, 0.1) is 30.3 Å². The van der Waals surface area contributed by atoms with Gasteiger partial charge in [0.1, 0.15) is 54.3 Å². The highest BCUT2D eigenvalue weighted by atomic mass is 19.1. The SMILES string of the molecule is O=C(O)C1O[C@@H](Oc2cc(-c3ccc(C4C[C@H](CO)[C@@H](O)[C@H](O)[C@H]4O)cc3)ccc2[C@@H]2[C@@H](CC[C@H](O[C@@H]3OC(C(=O)O)[C@@H](O)[C@H](O)C3O)c3ccc(F)cc3)C(=O)N2c2ccccc2)C(O)[C@@H](O)[C@@H]1O. The van der Waals surface area contributed by atoms with E-state index in [0.717, 1.165) is 12.1 Å². The fourth-order valence-electron chi connectivity index (χ4n) is 9.81. The first-order chi connectivity index (χ1) is 33.4. The number of carboxylic acids is 2. The van der Waals surface area contributed by atoms with E-state index in [1.807, 2.05) is 0 Å². The van der Waals surface area contributed by atoms with Gasteiger partial charge >= 0.3 is 11.9 Å². The smallest absolute Gasteiger partial charge is 0.335 e. The lowest BCUT2D eigenvalue weighted by Gasteiger charge is -2.48. The van der Waals surface area contributed by atoms with Crippen molar-refractivity contribution < 1.29 is 99.0 Å². The van der Waals surface area contributed by atoms with Crippen LogP contribution in [0.3, 0.4) is 0 Å². The molecule has 21 heteroatoms. The van der Waals surface area contributed by atoms with E-state index < -0.39 is 140 Å². The number of anilines is 1. The van der Waals surface area contributed by atoms with E-state index in [9.17, 15) is 80.1 Å². The van der Waals surface area contributed by atoms with Gasteiger partial charge < -0.3 is 85.1 Å². The Hall–Kier alpha value is -5.50. The second kappa shape index (κ2) is 21.1. The minimum Gasteiger partial charge on any atom is -0.479 e. The summed E-state index contributed by atoms with van der Waals surface area (Å²) in [5, 5.41) is 125. The molecule has 70 heavy (non-hydrogen) atoms. The molecule has 4 aromatic rings. The average Bonchev–Trinajstić information content (AvgIpc) is 3.35. The number of aliphatic hydroxyl groups is 10. The number of halogens is 1. The van der Waals surface area contributed by atoms with E-state index in [2.05, 4.69) is 0 Å². The van der Waals surface area contributed by atoms with E-state index in [1.165, 1.54) is 23.1 Å². The van der Waals surface area contributed by atoms with Gasteiger partial charge in [-0.3, -0.25) is 4.79 Å². The van der Waals surface area contributed by atoms with Crippen molar-refractivity contribution in [3.8, 4) is 16.9 Å². The van der Waals surface area contributed by atoms with Gasteiger partial charge in [-0.1, -0.05) is 66.7 Å². The highest BCUT2D eigenvalue weighted by molar-refractivity contribution is 6.03. The van der Waals surface area contributed by atoms with Crippen molar-refractivity contribution in [2.75, 3.05) is 11.5 Å². The summed E-state index contributed by atoms with van der Waals surface area (Å²) in [4.78, 5) is 39.9. The van der Waals surface area contributed by atoms with Crippen LogP contribution in [0.1, 0.15) is 54.0 Å². The van der Waals surface area contributed by atoms with Crippen molar-refractivity contribution in [1.82, 2.24) is 0 Å². The molecule has 376 valence electrons. The van der Waals surface area contributed by atoms with Gasteiger partial charge in [0, 0.05) is 29.7 Å². The number of para-hydroxylation sites is 1. The number of carboxylic acid groups (broad SMARTS) is 2. The van der Waals surface area contributed by atoms with E-state index in [0.29, 0.717) is 27.9 Å². The number of β-lactam (4-membered cyclic amide) rings is 1. The number of hydrogen-bond acceptors (Lipinski definition) is 17. The molecule has 4 aliphatic rings.